The molecule has 70 valence electrons. The molecule has 0 nitrogen and oxygen atoms in total. The van der Waals surface area contributed by atoms with Crippen LogP contribution >= 0.6 is 0 Å². The summed E-state index contributed by atoms with van der Waals surface area (Å²) in [5.74, 6) is 4.45. The molecule has 0 heterocycles. The van der Waals surface area contributed by atoms with Crippen molar-refractivity contribution in [2.24, 2.45) is 23.7 Å². The third-order valence-corrected chi connectivity index (χ3v) is 4.25. The van der Waals surface area contributed by atoms with Crippen molar-refractivity contribution in [3.05, 3.63) is 0 Å². The molecule has 0 aromatic carbocycles. The Labute approximate surface area is 76.7 Å². The zero-order chi connectivity index (χ0) is 8.55. The largest absolute Gasteiger partial charge is 0.0654 e. The standard InChI is InChI=1S/C12H22/c1-3-5-9(2)12-10-6-4-7-11(12)8-10/h9-12H,3-8H2,1-2H3. The summed E-state index contributed by atoms with van der Waals surface area (Å²) in [4.78, 5) is 0. The molecule has 0 aromatic heterocycles. The number of rotatable bonds is 3. The van der Waals surface area contributed by atoms with Gasteiger partial charge in [-0.25, -0.2) is 0 Å². The lowest BCUT2D eigenvalue weighted by atomic mass is 9.53. The van der Waals surface area contributed by atoms with E-state index in [1.54, 1.807) is 19.3 Å². The van der Waals surface area contributed by atoms with Crippen molar-refractivity contribution in [3.8, 4) is 0 Å². The van der Waals surface area contributed by atoms with Crippen molar-refractivity contribution >= 4 is 0 Å². The monoisotopic (exact) mass is 166 g/mol. The van der Waals surface area contributed by atoms with Crippen LogP contribution < -0.4 is 0 Å². The van der Waals surface area contributed by atoms with E-state index in [2.05, 4.69) is 13.8 Å². The van der Waals surface area contributed by atoms with E-state index in [1.807, 2.05) is 0 Å². The highest BCUT2D eigenvalue weighted by Gasteiger charge is 2.45. The molecular weight excluding hydrogens is 144 g/mol. The van der Waals surface area contributed by atoms with Crippen molar-refractivity contribution in [2.75, 3.05) is 0 Å². The summed E-state index contributed by atoms with van der Waals surface area (Å²) in [7, 11) is 0. The maximum absolute atomic E-state index is 2.48. The first-order chi connectivity index (χ1) is 5.83. The number of hydrogen-bond acceptors (Lipinski definition) is 0. The summed E-state index contributed by atoms with van der Waals surface area (Å²) in [6.45, 7) is 4.81. The van der Waals surface area contributed by atoms with Crippen LogP contribution in [0.25, 0.3) is 0 Å². The Morgan fingerprint density at radius 2 is 1.92 bits per heavy atom. The zero-order valence-corrected chi connectivity index (χ0v) is 8.55. The van der Waals surface area contributed by atoms with Crippen molar-refractivity contribution < 1.29 is 0 Å². The third-order valence-electron chi connectivity index (χ3n) is 4.25. The minimum absolute atomic E-state index is 1.03. The van der Waals surface area contributed by atoms with Crippen LogP contribution in [0.1, 0.15) is 52.4 Å². The van der Waals surface area contributed by atoms with Crippen LogP contribution in [0.5, 0.6) is 0 Å². The topological polar surface area (TPSA) is 0 Å². The molecule has 3 aliphatic carbocycles. The van der Waals surface area contributed by atoms with Crippen LogP contribution in [0, 0.1) is 23.7 Å². The van der Waals surface area contributed by atoms with Gasteiger partial charge in [-0.05, 0) is 30.1 Å². The molecule has 2 bridgehead atoms. The highest BCUT2D eigenvalue weighted by atomic mass is 14.5. The summed E-state index contributed by atoms with van der Waals surface area (Å²) in [5, 5.41) is 0. The number of fused-ring (bicyclic) bond motifs is 2. The van der Waals surface area contributed by atoms with Gasteiger partial charge in [0.2, 0.25) is 0 Å². The molecule has 3 rings (SSSR count). The van der Waals surface area contributed by atoms with Gasteiger partial charge >= 0.3 is 0 Å². The lowest BCUT2D eigenvalue weighted by molar-refractivity contribution is -0.0255. The second-order valence-corrected chi connectivity index (χ2v) is 5.03. The molecular formula is C12H22. The quantitative estimate of drug-likeness (QED) is 0.597. The molecule has 0 heteroatoms. The molecule has 3 fully saturated rings. The normalized spacial score (nSPS) is 42.0. The highest BCUT2D eigenvalue weighted by molar-refractivity contribution is 4.95. The lowest BCUT2D eigenvalue weighted by Crippen LogP contribution is -2.44. The van der Waals surface area contributed by atoms with Gasteiger partial charge < -0.3 is 0 Å². The van der Waals surface area contributed by atoms with Gasteiger partial charge in [-0.1, -0.05) is 46.0 Å². The molecule has 0 aromatic rings. The molecule has 12 heavy (non-hydrogen) atoms. The van der Waals surface area contributed by atoms with Crippen molar-refractivity contribution in [1.82, 2.24) is 0 Å². The molecule has 0 amide bonds. The van der Waals surface area contributed by atoms with E-state index < -0.39 is 0 Å². The summed E-state index contributed by atoms with van der Waals surface area (Å²) >= 11 is 0. The van der Waals surface area contributed by atoms with E-state index in [0.29, 0.717) is 0 Å². The first-order valence-corrected chi connectivity index (χ1v) is 5.83. The molecule has 0 aliphatic heterocycles. The van der Waals surface area contributed by atoms with Crippen LogP contribution in [0.4, 0.5) is 0 Å². The molecule has 0 radical (unpaired) electrons. The van der Waals surface area contributed by atoms with Crippen LogP contribution in [-0.2, 0) is 0 Å². The lowest BCUT2D eigenvalue weighted by Gasteiger charge is -2.52. The summed E-state index contributed by atoms with van der Waals surface area (Å²) in [5.41, 5.74) is 0. The fraction of sp³-hybridized carbons (Fsp3) is 1.00. The maximum atomic E-state index is 2.48. The van der Waals surface area contributed by atoms with Crippen LogP contribution in [-0.4, -0.2) is 0 Å². The van der Waals surface area contributed by atoms with Gasteiger partial charge in [-0.2, -0.15) is 0 Å². The zero-order valence-electron chi connectivity index (χ0n) is 8.55. The molecule has 3 unspecified atom stereocenters. The second kappa shape index (κ2) is 3.40. The van der Waals surface area contributed by atoms with Gasteiger partial charge in [-0.15, -0.1) is 0 Å². The van der Waals surface area contributed by atoms with E-state index in [9.17, 15) is 0 Å². The fourth-order valence-corrected chi connectivity index (χ4v) is 3.73. The first kappa shape index (κ1) is 8.59. The Bertz CT molecular complexity index is 136. The van der Waals surface area contributed by atoms with E-state index in [1.165, 1.54) is 19.3 Å². The van der Waals surface area contributed by atoms with Crippen LogP contribution in [0.15, 0.2) is 0 Å². The summed E-state index contributed by atoms with van der Waals surface area (Å²) in [6, 6.07) is 0. The molecule has 0 saturated heterocycles. The SMILES string of the molecule is CCCC(C)C1C2CCCC1C2. The Morgan fingerprint density at radius 3 is 2.42 bits per heavy atom. The van der Waals surface area contributed by atoms with Gasteiger partial charge in [0.15, 0.2) is 0 Å². The minimum atomic E-state index is 1.03. The second-order valence-electron chi connectivity index (χ2n) is 5.03. The Balaban J connectivity index is 1.88. The van der Waals surface area contributed by atoms with Crippen LogP contribution in [0.3, 0.4) is 0 Å². The van der Waals surface area contributed by atoms with Crippen molar-refractivity contribution in [3.63, 3.8) is 0 Å². The van der Waals surface area contributed by atoms with Gasteiger partial charge in [0, 0.05) is 0 Å². The average Bonchev–Trinajstić information content (AvgIpc) is 2.05. The molecule has 3 saturated carbocycles. The molecule has 0 N–H and O–H groups in total. The predicted molar refractivity (Wildman–Crippen MR) is 53.0 cm³/mol. The summed E-state index contributed by atoms with van der Waals surface area (Å²) < 4.78 is 0. The van der Waals surface area contributed by atoms with Gasteiger partial charge in [0.1, 0.15) is 0 Å². The third kappa shape index (κ3) is 1.30. The smallest absolute Gasteiger partial charge is 0.0331 e. The molecule has 3 aliphatic rings. The fourth-order valence-electron chi connectivity index (χ4n) is 3.73. The summed E-state index contributed by atoms with van der Waals surface area (Å²) in [6.07, 6.45) is 9.07. The van der Waals surface area contributed by atoms with Gasteiger partial charge in [0.05, 0.1) is 0 Å². The first-order valence-electron chi connectivity index (χ1n) is 5.83. The minimum Gasteiger partial charge on any atom is -0.0654 e. The van der Waals surface area contributed by atoms with E-state index in [0.717, 1.165) is 23.7 Å². The van der Waals surface area contributed by atoms with E-state index in [4.69, 9.17) is 0 Å². The van der Waals surface area contributed by atoms with Gasteiger partial charge in [0.25, 0.3) is 0 Å². The van der Waals surface area contributed by atoms with E-state index >= 15 is 0 Å². The highest BCUT2D eigenvalue weighted by Crippen LogP contribution is 2.54. The van der Waals surface area contributed by atoms with Crippen molar-refractivity contribution in [2.45, 2.75) is 52.4 Å². The Hall–Kier alpha value is 0. The predicted octanol–water partition coefficient (Wildman–Crippen LogP) is 3.86. The number of hydrogen-bond donors (Lipinski definition) is 0. The Morgan fingerprint density at radius 1 is 1.25 bits per heavy atom. The molecule has 3 atom stereocenters. The Kier molecular flexibility index (Phi) is 2.43. The van der Waals surface area contributed by atoms with Gasteiger partial charge in [-0.3, -0.25) is 0 Å². The average molecular weight is 166 g/mol. The maximum Gasteiger partial charge on any atom is -0.0331 e. The van der Waals surface area contributed by atoms with Crippen LogP contribution in [0.2, 0.25) is 0 Å². The van der Waals surface area contributed by atoms with Crippen molar-refractivity contribution in [1.29, 1.82) is 0 Å². The van der Waals surface area contributed by atoms with E-state index in [-0.39, 0.29) is 0 Å². The molecule has 0 spiro atoms.